The minimum Gasteiger partial charge on any atom is -0.454 e. The van der Waals surface area contributed by atoms with Crippen molar-refractivity contribution in [2.45, 2.75) is 20.4 Å². The van der Waals surface area contributed by atoms with Crippen molar-refractivity contribution in [1.82, 2.24) is 4.98 Å². The van der Waals surface area contributed by atoms with E-state index in [1.54, 1.807) is 34.4 Å². The van der Waals surface area contributed by atoms with Crippen LogP contribution in [0.2, 0.25) is 0 Å². The summed E-state index contributed by atoms with van der Waals surface area (Å²) in [4.78, 5) is 20.2. The zero-order valence-electron chi connectivity index (χ0n) is 16.7. The second kappa shape index (κ2) is 7.46. The Bertz CT molecular complexity index is 1210. The fourth-order valence-corrected chi connectivity index (χ4v) is 4.65. The van der Waals surface area contributed by atoms with Crippen molar-refractivity contribution in [1.29, 1.82) is 0 Å². The van der Waals surface area contributed by atoms with Crippen LogP contribution in [0.5, 0.6) is 11.5 Å². The van der Waals surface area contributed by atoms with Crippen LogP contribution in [0.4, 0.5) is 5.13 Å². The Morgan fingerprint density at radius 1 is 1.00 bits per heavy atom. The highest BCUT2D eigenvalue weighted by Gasteiger charge is 2.24. The first-order chi connectivity index (χ1) is 14.6. The van der Waals surface area contributed by atoms with Gasteiger partial charge in [-0.2, -0.15) is 0 Å². The number of carbonyl (C=O) groups is 1. The van der Waals surface area contributed by atoms with E-state index in [9.17, 15) is 4.79 Å². The number of aryl methyl sites for hydroxylation is 2. The first-order valence-electron chi connectivity index (χ1n) is 9.72. The van der Waals surface area contributed by atoms with E-state index in [4.69, 9.17) is 14.5 Å². The van der Waals surface area contributed by atoms with Crippen LogP contribution in [0, 0.1) is 13.8 Å². The molecular formula is C24H20N2O3S. The van der Waals surface area contributed by atoms with Gasteiger partial charge >= 0.3 is 0 Å². The number of carbonyl (C=O) groups excluding carboxylic acids is 1. The van der Waals surface area contributed by atoms with Crippen LogP contribution in [0.25, 0.3) is 10.2 Å². The Morgan fingerprint density at radius 3 is 2.57 bits per heavy atom. The molecule has 0 fully saturated rings. The standard InChI is InChI=1S/C24H20N2O3S/c1-15-8-9-16(2)22-21(15)25-24(30-22)26(13-17-6-4-3-5-7-17)23(27)18-10-11-19-20(12-18)29-14-28-19/h3-12H,13-14H2,1-2H3. The second-order valence-corrected chi connectivity index (χ2v) is 8.30. The number of nitrogens with zero attached hydrogens (tertiary/aromatic N) is 2. The summed E-state index contributed by atoms with van der Waals surface area (Å²) in [5.41, 5.74) is 4.80. The van der Waals surface area contributed by atoms with Crippen molar-refractivity contribution < 1.29 is 14.3 Å². The number of anilines is 1. The Hall–Kier alpha value is -3.38. The van der Waals surface area contributed by atoms with Crippen molar-refractivity contribution in [3.8, 4) is 11.5 Å². The third-order valence-corrected chi connectivity index (χ3v) is 6.42. The van der Waals surface area contributed by atoms with Gasteiger partial charge < -0.3 is 9.47 Å². The summed E-state index contributed by atoms with van der Waals surface area (Å²) >= 11 is 1.55. The summed E-state index contributed by atoms with van der Waals surface area (Å²) in [5, 5.41) is 0.689. The van der Waals surface area contributed by atoms with E-state index >= 15 is 0 Å². The molecule has 2 heterocycles. The highest BCUT2D eigenvalue weighted by atomic mass is 32.1. The Balaban J connectivity index is 1.59. The lowest BCUT2D eigenvalue weighted by atomic mass is 10.1. The number of rotatable bonds is 4. The lowest BCUT2D eigenvalue weighted by Crippen LogP contribution is -2.30. The van der Waals surface area contributed by atoms with Crippen LogP contribution in [-0.4, -0.2) is 17.7 Å². The topological polar surface area (TPSA) is 51.7 Å². The Labute approximate surface area is 178 Å². The average Bonchev–Trinajstić information content (AvgIpc) is 3.42. The smallest absolute Gasteiger partial charge is 0.260 e. The predicted octanol–water partition coefficient (Wildman–Crippen LogP) is 5.49. The van der Waals surface area contributed by atoms with Crippen LogP contribution in [0.15, 0.2) is 60.7 Å². The first kappa shape index (κ1) is 18.6. The average molecular weight is 417 g/mol. The molecule has 0 atom stereocenters. The summed E-state index contributed by atoms with van der Waals surface area (Å²) in [5.74, 6) is 1.13. The molecule has 1 aromatic heterocycles. The van der Waals surface area contributed by atoms with Crippen LogP contribution in [0.1, 0.15) is 27.0 Å². The summed E-state index contributed by atoms with van der Waals surface area (Å²) in [6.45, 7) is 4.74. The van der Waals surface area contributed by atoms with Gasteiger partial charge in [-0.05, 0) is 48.7 Å². The molecule has 5 rings (SSSR count). The zero-order valence-corrected chi connectivity index (χ0v) is 17.5. The van der Waals surface area contributed by atoms with Gasteiger partial charge in [0.2, 0.25) is 6.79 Å². The molecule has 0 spiro atoms. The molecule has 0 N–H and O–H groups in total. The molecule has 4 aromatic rings. The zero-order chi connectivity index (χ0) is 20.7. The number of aromatic nitrogens is 1. The fourth-order valence-electron chi connectivity index (χ4n) is 3.54. The molecule has 0 unspecified atom stereocenters. The molecule has 1 aliphatic rings. The summed E-state index contributed by atoms with van der Waals surface area (Å²) in [6, 6.07) is 19.4. The SMILES string of the molecule is Cc1ccc(C)c2sc(N(Cc3ccccc3)C(=O)c3ccc4c(c3)OCO4)nc12. The molecular weight excluding hydrogens is 396 g/mol. The highest BCUT2D eigenvalue weighted by Crippen LogP contribution is 2.36. The maximum atomic E-state index is 13.6. The van der Waals surface area contributed by atoms with Crippen LogP contribution < -0.4 is 14.4 Å². The minimum absolute atomic E-state index is 0.119. The molecule has 3 aromatic carbocycles. The molecule has 1 aliphatic heterocycles. The second-order valence-electron chi connectivity index (χ2n) is 7.32. The van der Waals surface area contributed by atoms with Crippen molar-refractivity contribution in [3.05, 3.63) is 82.9 Å². The molecule has 0 radical (unpaired) electrons. The van der Waals surface area contributed by atoms with Gasteiger partial charge in [-0.1, -0.05) is 53.8 Å². The number of hydrogen-bond donors (Lipinski definition) is 0. The maximum Gasteiger partial charge on any atom is 0.260 e. The molecule has 0 saturated carbocycles. The van der Waals surface area contributed by atoms with Gasteiger partial charge in [0.1, 0.15) is 0 Å². The summed E-state index contributed by atoms with van der Waals surface area (Å²) in [7, 11) is 0. The van der Waals surface area contributed by atoms with Crippen molar-refractivity contribution >= 4 is 32.6 Å². The molecule has 0 saturated heterocycles. The van der Waals surface area contributed by atoms with E-state index in [1.165, 1.54) is 0 Å². The van der Waals surface area contributed by atoms with Crippen LogP contribution >= 0.6 is 11.3 Å². The molecule has 5 nitrogen and oxygen atoms in total. The number of benzene rings is 3. The highest BCUT2D eigenvalue weighted by molar-refractivity contribution is 7.22. The third-order valence-electron chi connectivity index (χ3n) is 5.21. The van der Waals surface area contributed by atoms with E-state index in [2.05, 4.69) is 19.1 Å². The quantitative estimate of drug-likeness (QED) is 0.441. The molecule has 30 heavy (non-hydrogen) atoms. The normalized spacial score (nSPS) is 12.3. The molecule has 0 bridgehead atoms. The van der Waals surface area contributed by atoms with Gasteiger partial charge in [-0.15, -0.1) is 0 Å². The van der Waals surface area contributed by atoms with E-state index in [-0.39, 0.29) is 12.7 Å². The van der Waals surface area contributed by atoms with Gasteiger partial charge in [0, 0.05) is 5.56 Å². The number of amides is 1. The van der Waals surface area contributed by atoms with Gasteiger partial charge in [0.15, 0.2) is 16.6 Å². The summed E-state index contributed by atoms with van der Waals surface area (Å²) in [6.07, 6.45) is 0. The Morgan fingerprint density at radius 2 is 1.77 bits per heavy atom. The van der Waals surface area contributed by atoms with Crippen LogP contribution in [-0.2, 0) is 6.54 Å². The van der Waals surface area contributed by atoms with Gasteiger partial charge in [0.05, 0.1) is 16.8 Å². The lowest BCUT2D eigenvalue weighted by molar-refractivity contribution is 0.0984. The largest absolute Gasteiger partial charge is 0.454 e. The van der Waals surface area contributed by atoms with Gasteiger partial charge in [-0.25, -0.2) is 4.98 Å². The molecule has 0 aliphatic carbocycles. The first-order valence-corrected chi connectivity index (χ1v) is 10.5. The van der Waals surface area contributed by atoms with E-state index in [1.807, 2.05) is 37.3 Å². The van der Waals surface area contributed by atoms with Gasteiger partial charge in [0.25, 0.3) is 5.91 Å². The minimum atomic E-state index is -0.119. The van der Waals surface area contributed by atoms with E-state index in [0.717, 1.165) is 26.9 Å². The van der Waals surface area contributed by atoms with E-state index < -0.39 is 0 Å². The molecule has 6 heteroatoms. The number of thiazole rings is 1. The number of ether oxygens (including phenoxy) is 2. The third kappa shape index (κ3) is 3.29. The molecule has 150 valence electrons. The Kier molecular flexibility index (Phi) is 4.64. The van der Waals surface area contributed by atoms with Crippen molar-refractivity contribution in [2.24, 2.45) is 0 Å². The monoisotopic (exact) mass is 416 g/mol. The van der Waals surface area contributed by atoms with Crippen molar-refractivity contribution in [3.63, 3.8) is 0 Å². The van der Waals surface area contributed by atoms with E-state index in [0.29, 0.717) is 28.7 Å². The maximum absolute atomic E-state index is 13.6. The number of fused-ring (bicyclic) bond motifs is 2. The van der Waals surface area contributed by atoms with Gasteiger partial charge in [-0.3, -0.25) is 9.69 Å². The van der Waals surface area contributed by atoms with Crippen LogP contribution in [0.3, 0.4) is 0 Å². The van der Waals surface area contributed by atoms with Crippen molar-refractivity contribution in [2.75, 3.05) is 11.7 Å². The lowest BCUT2D eigenvalue weighted by Gasteiger charge is -2.20. The summed E-state index contributed by atoms with van der Waals surface area (Å²) < 4.78 is 12.0. The predicted molar refractivity (Wildman–Crippen MR) is 119 cm³/mol. The number of hydrogen-bond acceptors (Lipinski definition) is 5. The molecule has 1 amide bonds. The fraction of sp³-hybridized carbons (Fsp3) is 0.167.